The van der Waals surface area contributed by atoms with Gasteiger partial charge in [-0.1, -0.05) is 19.1 Å². The fraction of sp³-hybridized carbons (Fsp3) is 0.588. The summed E-state index contributed by atoms with van der Waals surface area (Å²) < 4.78 is 5.36. The zero-order chi connectivity index (χ0) is 15.5. The van der Waals surface area contributed by atoms with Gasteiger partial charge in [0.05, 0.1) is 11.4 Å². The molecule has 0 radical (unpaired) electrons. The molecule has 0 bridgehead atoms. The van der Waals surface area contributed by atoms with Crippen LogP contribution < -0.4 is 10.2 Å². The van der Waals surface area contributed by atoms with Gasteiger partial charge < -0.3 is 9.64 Å². The predicted molar refractivity (Wildman–Crippen MR) is 87.1 cm³/mol. The molecule has 2 rings (SSSR count). The Balaban J connectivity index is 2.22. The molecular formula is C17H26N2O2. The number of aryl methyl sites for hydroxylation is 1. The van der Waals surface area contributed by atoms with Crippen molar-refractivity contribution in [3.05, 3.63) is 23.8 Å². The number of carbonyl (C=O) groups excluding carboxylic acids is 1. The number of nitrogens with zero attached hydrogens (tertiary/aromatic N) is 1. The number of amides is 1. The highest BCUT2D eigenvalue weighted by molar-refractivity contribution is 5.91. The summed E-state index contributed by atoms with van der Waals surface area (Å²) in [5, 5.41) is 2.91. The number of benzene rings is 1. The second kappa shape index (κ2) is 6.37. The van der Waals surface area contributed by atoms with Crippen molar-refractivity contribution in [2.75, 3.05) is 23.3 Å². The molecule has 0 fully saturated rings. The van der Waals surface area contributed by atoms with Gasteiger partial charge in [0.25, 0.3) is 0 Å². The fourth-order valence-corrected chi connectivity index (χ4v) is 2.75. The first-order valence-corrected chi connectivity index (χ1v) is 7.77. The first-order chi connectivity index (χ1) is 9.90. The number of hydrogen-bond donors (Lipinski definition) is 1. The van der Waals surface area contributed by atoms with Gasteiger partial charge >= 0.3 is 6.09 Å². The van der Waals surface area contributed by atoms with Gasteiger partial charge in [-0.05, 0) is 51.7 Å². The molecule has 0 spiro atoms. The largest absolute Gasteiger partial charge is 0.444 e. The molecule has 0 aromatic heterocycles. The molecule has 1 aliphatic rings. The quantitative estimate of drug-likeness (QED) is 0.907. The zero-order valence-electron chi connectivity index (χ0n) is 13.5. The van der Waals surface area contributed by atoms with Crippen LogP contribution in [0.3, 0.4) is 0 Å². The number of ether oxygens (including phenoxy) is 1. The average Bonchev–Trinajstić information content (AvgIpc) is 2.37. The van der Waals surface area contributed by atoms with E-state index in [9.17, 15) is 4.79 Å². The number of rotatable bonds is 3. The van der Waals surface area contributed by atoms with Crippen molar-refractivity contribution in [3.8, 4) is 0 Å². The third kappa shape index (κ3) is 4.13. The first kappa shape index (κ1) is 15.7. The van der Waals surface area contributed by atoms with Crippen molar-refractivity contribution in [2.24, 2.45) is 0 Å². The van der Waals surface area contributed by atoms with Crippen LogP contribution in [0, 0.1) is 0 Å². The highest BCUT2D eigenvalue weighted by atomic mass is 16.6. The van der Waals surface area contributed by atoms with Crippen LogP contribution in [-0.2, 0) is 11.2 Å². The molecule has 0 atom stereocenters. The molecule has 1 aromatic rings. The Hall–Kier alpha value is -1.71. The summed E-state index contributed by atoms with van der Waals surface area (Å²) >= 11 is 0. The van der Waals surface area contributed by atoms with Crippen LogP contribution in [-0.4, -0.2) is 24.8 Å². The minimum Gasteiger partial charge on any atom is -0.444 e. The molecule has 116 valence electrons. The molecule has 0 saturated heterocycles. The van der Waals surface area contributed by atoms with E-state index in [0.717, 1.165) is 37.3 Å². The van der Waals surface area contributed by atoms with Crippen LogP contribution in [0.25, 0.3) is 0 Å². The summed E-state index contributed by atoms with van der Waals surface area (Å²) in [6.45, 7) is 9.86. The van der Waals surface area contributed by atoms with E-state index in [1.54, 1.807) is 0 Å². The van der Waals surface area contributed by atoms with Crippen LogP contribution in [0.5, 0.6) is 0 Å². The molecule has 1 aliphatic heterocycles. The summed E-state index contributed by atoms with van der Waals surface area (Å²) in [4.78, 5) is 14.4. The first-order valence-electron chi connectivity index (χ1n) is 7.77. The molecule has 1 amide bonds. The smallest absolute Gasteiger partial charge is 0.412 e. The van der Waals surface area contributed by atoms with Crippen molar-refractivity contribution in [2.45, 2.75) is 52.6 Å². The molecule has 1 aromatic carbocycles. The van der Waals surface area contributed by atoms with Crippen LogP contribution in [0.2, 0.25) is 0 Å². The Bertz CT molecular complexity index is 506. The zero-order valence-corrected chi connectivity index (χ0v) is 13.5. The highest BCUT2D eigenvalue weighted by Gasteiger charge is 2.22. The van der Waals surface area contributed by atoms with E-state index in [2.05, 4.69) is 23.2 Å². The van der Waals surface area contributed by atoms with Crippen molar-refractivity contribution >= 4 is 17.5 Å². The Morgan fingerprint density at radius 1 is 1.38 bits per heavy atom. The molecule has 1 heterocycles. The molecule has 1 N–H and O–H groups in total. The number of carbonyl (C=O) groups is 1. The summed E-state index contributed by atoms with van der Waals surface area (Å²) in [5.74, 6) is 0. The molecule has 0 aliphatic carbocycles. The van der Waals surface area contributed by atoms with Crippen LogP contribution in [0.15, 0.2) is 18.2 Å². The summed E-state index contributed by atoms with van der Waals surface area (Å²) in [6, 6.07) is 6.11. The van der Waals surface area contributed by atoms with Gasteiger partial charge in [-0.15, -0.1) is 0 Å². The monoisotopic (exact) mass is 290 g/mol. The van der Waals surface area contributed by atoms with Gasteiger partial charge in [0.1, 0.15) is 5.60 Å². The number of para-hydroxylation sites is 1. The van der Waals surface area contributed by atoms with Crippen molar-refractivity contribution in [3.63, 3.8) is 0 Å². The van der Waals surface area contributed by atoms with Gasteiger partial charge in [0, 0.05) is 13.1 Å². The van der Waals surface area contributed by atoms with Crippen molar-refractivity contribution in [1.29, 1.82) is 0 Å². The predicted octanol–water partition coefficient (Wildman–Crippen LogP) is 4.20. The lowest BCUT2D eigenvalue weighted by atomic mass is 10.00. The maximum absolute atomic E-state index is 12.0. The van der Waals surface area contributed by atoms with E-state index in [0.29, 0.717) is 0 Å². The highest BCUT2D eigenvalue weighted by Crippen LogP contribution is 2.34. The lowest BCUT2D eigenvalue weighted by Crippen LogP contribution is -2.32. The summed E-state index contributed by atoms with van der Waals surface area (Å²) in [7, 11) is 0. The van der Waals surface area contributed by atoms with Gasteiger partial charge in [0.15, 0.2) is 0 Å². The topological polar surface area (TPSA) is 41.6 Å². The third-order valence-corrected chi connectivity index (χ3v) is 3.44. The minimum absolute atomic E-state index is 0.391. The summed E-state index contributed by atoms with van der Waals surface area (Å²) in [6.07, 6.45) is 2.94. The van der Waals surface area contributed by atoms with Crippen molar-refractivity contribution < 1.29 is 9.53 Å². The maximum Gasteiger partial charge on any atom is 0.412 e. The lowest BCUT2D eigenvalue weighted by molar-refractivity contribution is 0.0636. The maximum atomic E-state index is 12.0. The lowest BCUT2D eigenvalue weighted by Gasteiger charge is -2.33. The van der Waals surface area contributed by atoms with E-state index >= 15 is 0 Å². The molecular weight excluding hydrogens is 264 g/mol. The number of anilines is 2. The van der Waals surface area contributed by atoms with Gasteiger partial charge in [-0.3, -0.25) is 5.32 Å². The number of nitrogens with one attached hydrogen (secondary N) is 1. The second-order valence-corrected chi connectivity index (χ2v) is 6.53. The van der Waals surface area contributed by atoms with E-state index in [1.807, 2.05) is 32.9 Å². The summed E-state index contributed by atoms with van der Waals surface area (Å²) in [5.41, 5.74) is 2.84. The van der Waals surface area contributed by atoms with Gasteiger partial charge in [-0.2, -0.15) is 0 Å². The molecule has 0 unspecified atom stereocenters. The van der Waals surface area contributed by atoms with Gasteiger partial charge in [0.2, 0.25) is 0 Å². The molecule has 21 heavy (non-hydrogen) atoms. The standard InChI is InChI=1S/C17H26N2O2/c1-5-11-19-12-7-9-13-8-6-10-14(15(13)19)18-16(20)21-17(2,3)4/h6,8,10H,5,7,9,11-12H2,1-4H3,(H,18,20). The Morgan fingerprint density at radius 2 is 2.14 bits per heavy atom. The van der Waals surface area contributed by atoms with E-state index in [4.69, 9.17) is 4.74 Å². The van der Waals surface area contributed by atoms with Crippen LogP contribution in [0.4, 0.5) is 16.2 Å². The molecule has 4 heteroatoms. The Labute approximate surface area is 127 Å². The normalized spacial score (nSPS) is 14.6. The fourth-order valence-electron chi connectivity index (χ4n) is 2.75. The second-order valence-electron chi connectivity index (χ2n) is 6.53. The van der Waals surface area contributed by atoms with Crippen molar-refractivity contribution in [1.82, 2.24) is 0 Å². The van der Waals surface area contributed by atoms with E-state index in [1.165, 1.54) is 12.0 Å². The molecule has 4 nitrogen and oxygen atoms in total. The Morgan fingerprint density at radius 3 is 2.81 bits per heavy atom. The number of hydrogen-bond acceptors (Lipinski definition) is 3. The third-order valence-electron chi connectivity index (χ3n) is 3.44. The van der Waals surface area contributed by atoms with Crippen LogP contribution >= 0.6 is 0 Å². The SMILES string of the molecule is CCCN1CCCc2cccc(NC(=O)OC(C)(C)C)c21. The minimum atomic E-state index is -0.484. The van der Waals surface area contributed by atoms with E-state index < -0.39 is 11.7 Å². The molecule has 0 saturated carbocycles. The Kier molecular flexibility index (Phi) is 4.76. The van der Waals surface area contributed by atoms with Gasteiger partial charge in [-0.25, -0.2) is 4.79 Å². The average molecular weight is 290 g/mol. The van der Waals surface area contributed by atoms with E-state index in [-0.39, 0.29) is 0 Å². The number of fused-ring (bicyclic) bond motifs is 1. The van der Waals surface area contributed by atoms with Crippen LogP contribution in [0.1, 0.15) is 46.1 Å².